The zero-order valence-electron chi connectivity index (χ0n) is 14.0. The fourth-order valence-electron chi connectivity index (χ4n) is 2.57. The number of aryl methyl sites for hydroxylation is 2. The number of hydrogen-bond donors (Lipinski definition) is 1. The smallest absolute Gasteiger partial charge is 0.257 e. The Bertz CT molecular complexity index is 915. The van der Waals surface area contributed by atoms with Gasteiger partial charge in [0.1, 0.15) is 5.82 Å². The molecule has 1 amide bonds. The SMILES string of the molecule is Cc1nn(C)c2nc(C(C)C)cc(C(=O)Nc3ccc(Cl)cn3)c12. The fraction of sp³-hybridized carbons (Fsp3) is 0.294. The summed E-state index contributed by atoms with van der Waals surface area (Å²) in [6.45, 7) is 5.95. The van der Waals surface area contributed by atoms with E-state index in [1.807, 2.05) is 33.9 Å². The quantitative estimate of drug-likeness (QED) is 0.787. The minimum atomic E-state index is -0.241. The number of fused-ring (bicyclic) bond motifs is 1. The van der Waals surface area contributed by atoms with Gasteiger partial charge in [0, 0.05) is 18.9 Å². The third-order valence-corrected chi connectivity index (χ3v) is 4.02. The first-order chi connectivity index (χ1) is 11.4. The van der Waals surface area contributed by atoms with Crippen LogP contribution in [-0.4, -0.2) is 25.7 Å². The molecule has 0 bridgehead atoms. The highest BCUT2D eigenvalue weighted by Crippen LogP contribution is 2.25. The molecule has 3 rings (SSSR count). The highest BCUT2D eigenvalue weighted by Gasteiger charge is 2.20. The molecule has 3 heterocycles. The molecule has 0 saturated heterocycles. The number of aromatic nitrogens is 4. The van der Waals surface area contributed by atoms with Gasteiger partial charge in [-0.3, -0.25) is 9.48 Å². The van der Waals surface area contributed by atoms with E-state index in [0.717, 1.165) is 16.8 Å². The lowest BCUT2D eigenvalue weighted by Gasteiger charge is -2.10. The van der Waals surface area contributed by atoms with Gasteiger partial charge in [0.05, 0.1) is 21.7 Å². The van der Waals surface area contributed by atoms with E-state index in [9.17, 15) is 4.79 Å². The van der Waals surface area contributed by atoms with Crippen LogP contribution in [0.2, 0.25) is 5.02 Å². The van der Waals surface area contributed by atoms with Gasteiger partial charge < -0.3 is 5.32 Å². The van der Waals surface area contributed by atoms with Gasteiger partial charge in [-0.15, -0.1) is 0 Å². The molecule has 3 aromatic heterocycles. The first-order valence-corrected chi connectivity index (χ1v) is 8.01. The Balaban J connectivity index is 2.09. The molecule has 0 aliphatic rings. The second kappa shape index (κ2) is 6.20. The molecule has 0 saturated carbocycles. The van der Waals surface area contributed by atoms with Gasteiger partial charge in [-0.1, -0.05) is 25.4 Å². The summed E-state index contributed by atoms with van der Waals surface area (Å²) < 4.78 is 1.70. The van der Waals surface area contributed by atoms with Crippen molar-refractivity contribution in [3.05, 3.63) is 46.4 Å². The average Bonchev–Trinajstić information content (AvgIpc) is 2.83. The van der Waals surface area contributed by atoms with Crippen molar-refractivity contribution in [3.8, 4) is 0 Å². The number of rotatable bonds is 3. The maximum Gasteiger partial charge on any atom is 0.257 e. The fourth-order valence-corrected chi connectivity index (χ4v) is 2.68. The van der Waals surface area contributed by atoms with Crippen LogP contribution in [0.1, 0.15) is 41.5 Å². The largest absolute Gasteiger partial charge is 0.307 e. The van der Waals surface area contributed by atoms with E-state index >= 15 is 0 Å². The Morgan fingerprint density at radius 1 is 1.33 bits per heavy atom. The van der Waals surface area contributed by atoms with Crippen molar-refractivity contribution >= 4 is 34.4 Å². The zero-order chi connectivity index (χ0) is 17.4. The van der Waals surface area contributed by atoms with Crippen LogP contribution < -0.4 is 5.32 Å². The van der Waals surface area contributed by atoms with E-state index < -0.39 is 0 Å². The summed E-state index contributed by atoms with van der Waals surface area (Å²) in [4.78, 5) is 21.6. The Kier molecular flexibility index (Phi) is 4.24. The van der Waals surface area contributed by atoms with Gasteiger partial charge in [0.15, 0.2) is 5.65 Å². The molecular weight excluding hydrogens is 326 g/mol. The van der Waals surface area contributed by atoms with Crippen molar-refractivity contribution in [2.24, 2.45) is 7.05 Å². The lowest BCUT2D eigenvalue weighted by atomic mass is 10.0. The number of carbonyl (C=O) groups excluding carboxylic acids is 1. The van der Waals surface area contributed by atoms with Crippen LogP contribution in [0.15, 0.2) is 24.4 Å². The number of pyridine rings is 2. The number of carbonyl (C=O) groups is 1. The molecule has 6 nitrogen and oxygen atoms in total. The topological polar surface area (TPSA) is 72.7 Å². The van der Waals surface area contributed by atoms with Crippen LogP contribution in [-0.2, 0) is 7.05 Å². The van der Waals surface area contributed by atoms with Crippen molar-refractivity contribution in [1.29, 1.82) is 0 Å². The predicted molar refractivity (Wildman–Crippen MR) is 94.5 cm³/mol. The van der Waals surface area contributed by atoms with E-state index in [-0.39, 0.29) is 11.8 Å². The van der Waals surface area contributed by atoms with Gasteiger partial charge in [0.2, 0.25) is 0 Å². The van der Waals surface area contributed by atoms with Crippen LogP contribution in [0.25, 0.3) is 11.0 Å². The van der Waals surface area contributed by atoms with E-state index in [0.29, 0.717) is 22.1 Å². The maximum atomic E-state index is 12.8. The van der Waals surface area contributed by atoms with Crippen LogP contribution in [0, 0.1) is 6.92 Å². The molecule has 0 radical (unpaired) electrons. The molecule has 3 aromatic rings. The number of hydrogen-bond acceptors (Lipinski definition) is 4. The molecule has 0 atom stereocenters. The highest BCUT2D eigenvalue weighted by molar-refractivity contribution is 6.30. The molecule has 0 aromatic carbocycles. The number of halogens is 1. The zero-order valence-corrected chi connectivity index (χ0v) is 14.7. The van der Waals surface area contributed by atoms with Crippen molar-refractivity contribution in [2.45, 2.75) is 26.7 Å². The van der Waals surface area contributed by atoms with Crippen LogP contribution >= 0.6 is 11.6 Å². The third-order valence-electron chi connectivity index (χ3n) is 3.79. The molecule has 124 valence electrons. The molecular formula is C17H18ClN5O. The first kappa shape index (κ1) is 16.4. The van der Waals surface area contributed by atoms with Crippen LogP contribution in [0.3, 0.4) is 0 Å². The summed E-state index contributed by atoms with van der Waals surface area (Å²) in [5.41, 5.74) is 2.86. The monoisotopic (exact) mass is 343 g/mol. The number of amides is 1. The van der Waals surface area contributed by atoms with E-state index in [1.165, 1.54) is 6.20 Å². The van der Waals surface area contributed by atoms with Crippen molar-refractivity contribution in [3.63, 3.8) is 0 Å². The summed E-state index contributed by atoms with van der Waals surface area (Å²) in [6, 6.07) is 5.17. The lowest BCUT2D eigenvalue weighted by molar-refractivity contribution is 0.102. The first-order valence-electron chi connectivity index (χ1n) is 7.64. The molecule has 0 unspecified atom stereocenters. The molecule has 7 heteroatoms. The molecule has 0 aliphatic carbocycles. The minimum absolute atomic E-state index is 0.199. The number of nitrogens with one attached hydrogen (secondary N) is 1. The average molecular weight is 344 g/mol. The molecule has 0 spiro atoms. The Hall–Kier alpha value is -2.47. The molecule has 0 fully saturated rings. The normalized spacial score (nSPS) is 11.2. The van der Waals surface area contributed by atoms with E-state index in [1.54, 1.807) is 16.8 Å². The molecule has 24 heavy (non-hydrogen) atoms. The van der Waals surface area contributed by atoms with Crippen molar-refractivity contribution in [2.75, 3.05) is 5.32 Å². The lowest BCUT2D eigenvalue weighted by Crippen LogP contribution is -2.15. The standard InChI is InChI=1S/C17H18ClN5O/c1-9(2)13-7-12(15-10(3)22-23(4)16(15)20-13)17(24)21-14-6-5-11(18)8-19-14/h5-9H,1-4H3,(H,19,21,24). The Labute approximate surface area is 144 Å². The van der Waals surface area contributed by atoms with Gasteiger partial charge in [-0.05, 0) is 31.0 Å². The van der Waals surface area contributed by atoms with E-state index in [2.05, 4.69) is 20.4 Å². The van der Waals surface area contributed by atoms with Gasteiger partial charge in [-0.2, -0.15) is 5.10 Å². The van der Waals surface area contributed by atoms with Gasteiger partial charge >= 0.3 is 0 Å². The number of nitrogens with zero attached hydrogens (tertiary/aromatic N) is 4. The second-order valence-electron chi connectivity index (χ2n) is 5.97. The van der Waals surface area contributed by atoms with E-state index in [4.69, 9.17) is 11.6 Å². The van der Waals surface area contributed by atoms with Crippen LogP contribution in [0.4, 0.5) is 5.82 Å². The Morgan fingerprint density at radius 2 is 2.08 bits per heavy atom. The van der Waals surface area contributed by atoms with Crippen molar-refractivity contribution < 1.29 is 4.79 Å². The molecule has 0 aliphatic heterocycles. The highest BCUT2D eigenvalue weighted by atomic mass is 35.5. The van der Waals surface area contributed by atoms with Crippen LogP contribution in [0.5, 0.6) is 0 Å². The summed E-state index contributed by atoms with van der Waals surface area (Å²) in [5.74, 6) is 0.405. The summed E-state index contributed by atoms with van der Waals surface area (Å²) >= 11 is 5.83. The maximum absolute atomic E-state index is 12.8. The minimum Gasteiger partial charge on any atom is -0.307 e. The second-order valence-corrected chi connectivity index (χ2v) is 6.41. The molecule has 1 N–H and O–H groups in total. The van der Waals surface area contributed by atoms with Gasteiger partial charge in [0.25, 0.3) is 5.91 Å². The third kappa shape index (κ3) is 2.97. The summed E-state index contributed by atoms with van der Waals surface area (Å²) in [5, 5.41) is 8.48. The van der Waals surface area contributed by atoms with Crippen molar-refractivity contribution in [1.82, 2.24) is 19.7 Å². The number of anilines is 1. The van der Waals surface area contributed by atoms with Gasteiger partial charge in [-0.25, -0.2) is 9.97 Å². The predicted octanol–water partition coefficient (Wildman–Crippen LogP) is 3.70. The summed E-state index contributed by atoms with van der Waals surface area (Å²) in [7, 11) is 1.83. The summed E-state index contributed by atoms with van der Waals surface area (Å²) in [6.07, 6.45) is 1.49. The Morgan fingerprint density at radius 3 is 2.71 bits per heavy atom.